The number of carboxylic acids is 1. The first-order valence-corrected chi connectivity index (χ1v) is 30.5. The number of phenols is 2. The summed E-state index contributed by atoms with van der Waals surface area (Å²) in [7, 11) is 0. The van der Waals surface area contributed by atoms with Gasteiger partial charge in [-0.3, -0.25) is 83.6 Å². The van der Waals surface area contributed by atoms with E-state index in [4.69, 9.17) is 28.0 Å². The van der Waals surface area contributed by atoms with Crippen molar-refractivity contribution in [3.63, 3.8) is 0 Å². The SMILES string of the molecule is CC(C)C[C@H](C)C(=O)C[C@@H](Cc1ccc(O)cc1)C(=O)N[C@@H](CCC[NH+]=C(N)N)C(=O)C[C@@H](C)C(=O)N[C@@H](CC(N)=O)C(=O)CCC(=O)N[C@@H](CC(=O)O)C(=O)C[C@@H](CO)C(=O)N1CCC[C@H]1C(=O)NCC(=O)C[C@@H](Cc1ccc(O)cc1)C(=O)N[C@@H](C[OH2+])C(N)=O. The van der Waals surface area contributed by atoms with Crippen molar-refractivity contribution in [2.75, 3.05) is 32.8 Å². The monoisotopic (exact) mass is 1290 g/mol. The molecule has 0 bridgehead atoms. The zero-order chi connectivity index (χ0) is 68.9. The van der Waals surface area contributed by atoms with E-state index in [1.807, 2.05) is 13.8 Å². The number of hydrogen-bond donors (Lipinski definition) is 14. The third-order valence-corrected chi connectivity index (χ3v) is 15.5. The van der Waals surface area contributed by atoms with Crippen molar-refractivity contribution in [3.05, 3.63) is 59.7 Å². The largest absolute Gasteiger partial charge is 0.508 e. The minimum absolute atomic E-state index is 0.0113. The number of phenolic OH excluding ortho intramolecular Hbond substituents is 2. The Morgan fingerprint density at radius 3 is 1.67 bits per heavy atom. The van der Waals surface area contributed by atoms with Crippen LogP contribution in [0.15, 0.2) is 48.5 Å². The number of ketones is 5. The van der Waals surface area contributed by atoms with Crippen LogP contribution in [0.1, 0.15) is 122 Å². The van der Waals surface area contributed by atoms with Crippen LogP contribution in [0.4, 0.5) is 0 Å². The molecule has 506 valence electrons. The van der Waals surface area contributed by atoms with Crippen LogP contribution in [0.5, 0.6) is 11.5 Å². The molecule has 0 spiro atoms. The van der Waals surface area contributed by atoms with E-state index in [2.05, 4.69) is 31.6 Å². The molecular formula is C62H91N11O19+2. The zero-order valence-electron chi connectivity index (χ0n) is 52.4. The minimum atomic E-state index is -1.82. The number of aliphatic hydroxyl groups is 1. The number of hydrogen-bond acceptors (Lipinski definition) is 17. The van der Waals surface area contributed by atoms with Crippen LogP contribution in [-0.2, 0) is 80.0 Å². The molecule has 92 heavy (non-hydrogen) atoms. The Labute approximate surface area is 532 Å². The number of amides is 8. The second-order valence-corrected chi connectivity index (χ2v) is 23.8. The van der Waals surface area contributed by atoms with Crippen LogP contribution in [0.25, 0.3) is 0 Å². The van der Waals surface area contributed by atoms with Gasteiger partial charge in [-0.05, 0) is 86.3 Å². The molecule has 2 aromatic rings. The fourth-order valence-electron chi connectivity index (χ4n) is 10.5. The van der Waals surface area contributed by atoms with E-state index in [1.54, 1.807) is 19.1 Å². The molecule has 1 saturated heterocycles. The number of carboxylic acid groups (broad SMARTS) is 1. The van der Waals surface area contributed by atoms with E-state index in [1.165, 1.54) is 43.3 Å². The van der Waals surface area contributed by atoms with Crippen LogP contribution >= 0.6 is 0 Å². The Hall–Kier alpha value is -9.19. The molecule has 0 unspecified atom stereocenters. The molecule has 8 amide bonds. The highest BCUT2D eigenvalue weighted by atomic mass is 16.4. The second-order valence-electron chi connectivity index (χ2n) is 23.8. The Balaban J connectivity index is 1.68. The smallest absolute Gasteiger partial charge is 0.338 e. The predicted molar refractivity (Wildman–Crippen MR) is 329 cm³/mol. The maximum absolute atomic E-state index is 14.1. The van der Waals surface area contributed by atoms with Crippen LogP contribution in [-0.4, -0.2) is 182 Å². The van der Waals surface area contributed by atoms with Gasteiger partial charge in [0.25, 0.3) is 0 Å². The number of aromatic hydroxyl groups is 2. The molecule has 0 aromatic heterocycles. The van der Waals surface area contributed by atoms with E-state index in [-0.39, 0.29) is 93.1 Å². The highest BCUT2D eigenvalue weighted by molar-refractivity contribution is 6.00. The summed E-state index contributed by atoms with van der Waals surface area (Å²) in [6, 6.07) is 4.59. The highest BCUT2D eigenvalue weighted by Crippen LogP contribution is 2.25. The van der Waals surface area contributed by atoms with Gasteiger partial charge in [-0.25, -0.2) is 0 Å². The van der Waals surface area contributed by atoms with Crippen molar-refractivity contribution < 1.29 is 97.6 Å². The number of guanidine groups is 1. The van der Waals surface area contributed by atoms with Gasteiger partial charge in [-0.1, -0.05) is 52.0 Å². The molecule has 1 fully saturated rings. The number of nitrogens with zero attached hydrogens (tertiary/aromatic N) is 1. The average molecular weight is 1290 g/mol. The number of likely N-dealkylation sites (tertiary alicyclic amines) is 1. The van der Waals surface area contributed by atoms with Gasteiger partial charge in [-0.15, -0.1) is 0 Å². The quantitative estimate of drug-likeness (QED) is 0.0130. The van der Waals surface area contributed by atoms with Crippen molar-refractivity contribution in [2.24, 2.45) is 58.4 Å². The summed E-state index contributed by atoms with van der Waals surface area (Å²) in [6.07, 6.45) is -3.94. The lowest BCUT2D eigenvalue weighted by atomic mass is 9.86. The molecule has 10 atom stereocenters. The first-order chi connectivity index (χ1) is 43.3. The topological polar surface area (TPSA) is 524 Å². The van der Waals surface area contributed by atoms with Gasteiger partial charge in [0.15, 0.2) is 35.8 Å². The van der Waals surface area contributed by atoms with Gasteiger partial charge in [0, 0.05) is 68.7 Å². The lowest BCUT2D eigenvalue weighted by Crippen LogP contribution is -2.78. The lowest BCUT2D eigenvalue weighted by Gasteiger charge is -2.28. The number of primary amides is 2. The highest BCUT2D eigenvalue weighted by Gasteiger charge is 2.40. The van der Waals surface area contributed by atoms with E-state index >= 15 is 0 Å². The Morgan fingerprint density at radius 1 is 0.620 bits per heavy atom. The standard InChI is InChI=1S/C62H89N11O19/c1-33(2)21-34(3)50(80)26-39(24-37-11-15-42(77)16-12-37)59(90)70-44(7-5-19-67-62(65)66)51(81)22-35(4)57(88)71-45(28-53(63)83)49(79)17-18-54(84)69-46(29-55(85)86)52(82)27-40(31-74)61(92)73-20-6-8-48(73)60(91)68-30-43(78)25-38(23-36-9-13-41(76)14-10-36)58(89)72-47(32-75)56(64)87/h9-16,33-35,38-40,44-48,74-77H,5-8,17-32H2,1-4H3,(H2,63,83)(H2,64,87)(H,68,91)(H,69,84)(H,70,90)(H,71,88)(H,72,89)(H,85,86)(H4,65,66,67)/p+2/t34-,35+,38+,39+,40-,44-,45-,46-,47-,48-/m0/s1. The number of nitrogens with two attached hydrogens (primary N) is 4. The Kier molecular flexibility index (Phi) is 32.2. The van der Waals surface area contributed by atoms with E-state index < -0.39 is 195 Å². The van der Waals surface area contributed by atoms with Gasteiger partial charge < -0.3 is 68.5 Å². The number of aliphatic hydroxyl groups excluding tert-OH is 1. The molecular weight excluding hydrogens is 1200 g/mol. The molecule has 30 heteroatoms. The molecule has 20 N–H and O–H groups in total. The van der Waals surface area contributed by atoms with Gasteiger partial charge in [0.05, 0.1) is 56.6 Å². The summed E-state index contributed by atoms with van der Waals surface area (Å²) in [5.74, 6) is -17.2. The second kappa shape index (κ2) is 38.5. The van der Waals surface area contributed by atoms with E-state index in [0.717, 1.165) is 4.90 Å². The normalized spacial score (nSPS) is 15.7. The summed E-state index contributed by atoms with van der Waals surface area (Å²) in [4.78, 5) is 189. The molecule has 2 aromatic carbocycles. The third-order valence-electron chi connectivity index (χ3n) is 15.5. The van der Waals surface area contributed by atoms with E-state index in [9.17, 15) is 87.5 Å². The summed E-state index contributed by atoms with van der Waals surface area (Å²) in [6.45, 7) is 5.04. The molecule has 0 saturated carbocycles. The minimum Gasteiger partial charge on any atom is -0.508 e. The van der Waals surface area contributed by atoms with E-state index in [0.29, 0.717) is 17.5 Å². The molecule has 0 aliphatic carbocycles. The van der Waals surface area contributed by atoms with Crippen LogP contribution in [0.2, 0.25) is 0 Å². The van der Waals surface area contributed by atoms with Crippen LogP contribution in [0.3, 0.4) is 0 Å². The van der Waals surface area contributed by atoms with Crippen LogP contribution < -0.4 is 54.5 Å². The van der Waals surface area contributed by atoms with Gasteiger partial charge in [0.1, 0.15) is 23.3 Å². The Morgan fingerprint density at radius 2 is 1.15 bits per heavy atom. The maximum atomic E-state index is 14.1. The molecule has 3 rings (SSSR count). The molecule has 1 aliphatic rings. The number of Topliss-reactive ketones (excluding diaryl/α,β-unsaturated/α-hetero) is 5. The van der Waals surface area contributed by atoms with Crippen molar-refractivity contribution in [2.45, 2.75) is 154 Å². The molecule has 1 aliphatic heterocycles. The third kappa shape index (κ3) is 27.1. The first kappa shape index (κ1) is 77.1. The lowest BCUT2D eigenvalue weighted by molar-refractivity contribution is -0.459. The number of carbonyl (C=O) groups excluding carboxylic acids is 13. The summed E-state index contributed by atoms with van der Waals surface area (Å²) < 4.78 is 0. The van der Waals surface area contributed by atoms with Gasteiger partial charge >= 0.3 is 11.9 Å². The first-order valence-electron chi connectivity index (χ1n) is 30.5. The number of nitrogens with one attached hydrogen (secondary N) is 6. The fourth-order valence-corrected chi connectivity index (χ4v) is 10.5. The van der Waals surface area contributed by atoms with Crippen molar-refractivity contribution in [1.82, 2.24) is 31.5 Å². The number of rotatable bonds is 43. The number of aliphatic carboxylic acids is 1. The average Bonchev–Trinajstić information content (AvgIpc) is 1.72. The molecule has 1 heterocycles. The number of benzene rings is 2. The van der Waals surface area contributed by atoms with Crippen LogP contribution in [0, 0.1) is 35.5 Å². The Bertz CT molecular complexity index is 2970. The zero-order valence-corrected chi connectivity index (χ0v) is 52.4. The van der Waals surface area contributed by atoms with Crippen molar-refractivity contribution in [3.8, 4) is 11.5 Å². The van der Waals surface area contributed by atoms with Crippen molar-refractivity contribution in [1.29, 1.82) is 0 Å². The molecule has 30 nitrogen and oxygen atoms in total. The maximum Gasteiger partial charge on any atom is 0.338 e. The molecule has 0 radical (unpaired) electrons. The fraction of sp³-hybridized carbons (Fsp3) is 0.565. The summed E-state index contributed by atoms with van der Waals surface area (Å²) >= 11 is 0. The summed E-state index contributed by atoms with van der Waals surface area (Å²) in [5.41, 5.74) is 23.0. The number of carbonyl (C=O) groups is 14. The van der Waals surface area contributed by atoms with Gasteiger partial charge in [0.2, 0.25) is 47.3 Å². The predicted octanol–water partition coefficient (Wildman–Crippen LogP) is -4.03. The summed E-state index contributed by atoms with van der Waals surface area (Å²) in [5, 5.41) is 59.3. The van der Waals surface area contributed by atoms with Crippen molar-refractivity contribution >= 4 is 88.1 Å². The van der Waals surface area contributed by atoms with Gasteiger partial charge in [-0.2, -0.15) is 0 Å².